The maximum absolute atomic E-state index is 12.3. The monoisotopic (exact) mass is 302 g/mol. The Balaban J connectivity index is 1.42. The van der Waals surface area contributed by atoms with Crippen molar-refractivity contribution in [2.75, 3.05) is 13.1 Å². The first-order chi connectivity index (χ1) is 10.7. The number of aryl methyl sites for hydroxylation is 1. The van der Waals surface area contributed by atoms with Crippen molar-refractivity contribution in [1.29, 1.82) is 0 Å². The highest BCUT2D eigenvalue weighted by Crippen LogP contribution is 2.29. The van der Waals surface area contributed by atoms with E-state index in [2.05, 4.69) is 4.98 Å². The number of nitrogens with zero attached hydrogens (tertiary/aromatic N) is 2. The number of aromatic nitrogens is 1. The standard InChI is InChI=1S/C18H26N2O2/c1-14-6-8-17(19-12-14)22-16-10-11-20(13-16)18(21)9-7-15-4-2-3-5-15/h6,8,12,15-16H,2-5,7,9-11,13H2,1H3. The van der Waals surface area contributed by atoms with Gasteiger partial charge in [0.15, 0.2) is 0 Å². The first-order valence-electron chi connectivity index (χ1n) is 8.58. The fourth-order valence-corrected chi connectivity index (χ4v) is 3.53. The molecule has 1 aliphatic carbocycles. The molecule has 1 aromatic rings. The lowest BCUT2D eigenvalue weighted by molar-refractivity contribution is -0.130. The Morgan fingerprint density at radius 2 is 2.14 bits per heavy atom. The van der Waals surface area contributed by atoms with Gasteiger partial charge in [-0.15, -0.1) is 0 Å². The lowest BCUT2D eigenvalue weighted by Gasteiger charge is -2.18. The number of rotatable bonds is 5. The van der Waals surface area contributed by atoms with Crippen molar-refractivity contribution in [2.45, 2.75) is 58.0 Å². The molecule has 1 amide bonds. The number of carbonyl (C=O) groups excluding carboxylic acids is 1. The Hall–Kier alpha value is -1.58. The van der Waals surface area contributed by atoms with Crippen molar-refractivity contribution in [2.24, 2.45) is 5.92 Å². The largest absolute Gasteiger partial charge is 0.472 e. The van der Waals surface area contributed by atoms with E-state index in [0.717, 1.165) is 30.9 Å². The molecule has 2 aliphatic rings. The molecular weight excluding hydrogens is 276 g/mol. The molecule has 2 heterocycles. The van der Waals surface area contributed by atoms with Crippen LogP contribution in [0.3, 0.4) is 0 Å². The van der Waals surface area contributed by atoms with Crippen LogP contribution in [0.2, 0.25) is 0 Å². The molecule has 0 aromatic carbocycles. The molecule has 1 saturated carbocycles. The van der Waals surface area contributed by atoms with Gasteiger partial charge in [0.1, 0.15) is 6.10 Å². The average Bonchev–Trinajstić information content (AvgIpc) is 3.19. The molecule has 2 fully saturated rings. The second-order valence-corrected chi connectivity index (χ2v) is 6.73. The molecular formula is C18H26N2O2. The molecule has 3 rings (SSSR count). The van der Waals surface area contributed by atoms with Gasteiger partial charge in [-0.3, -0.25) is 4.79 Å². The summed E-state index contributed by atoms with van der Waals surface area (Å²) in [5, 5.41) is 0. The van der Waals surface area contributed by atoms with Crippen LogP contribution in [0.4, 0.5) is 0 Å². The third-order valence-corrected chi connectivity index (χ3v) is 4.91. The zero-order valence-corrected chi connectivity index (χ0v) is 13.5. The summed E-state index contributed by atoms with van der Waals surface area (Å²) in [6.07, 6.45) is 9.92. The predicted molar refractivity (Wildman–Crippen MR) is 85.8 cm³/mol. The second kappa shape index (κ2) is 7.12. The van der Waals surface area contributed by atoms with E-state index >= 15 is 0 Å². The maximum Gasteiger partial charge on any atom is 0.222 e. The van der Waals surface area contributed by atoms with Crippen molar-refractivity contribution in [3.8, 4) is 5.88 Å². The van der Waals surface area contributed by atoms with Gasteiger partial charge in [-0.2, -0.15) is 0 Å². The lowest BCUT2D eigenvalue weighted by atomic mass is 10.0. The smallest absolute Gasteiger partial charge is 0.222 e. The molecule has 1 saturated heterocycles. The number of pyridine rings is 1. The van der Waals surface area contributed by atoms with Crippen molar-refractivity contribution >= 4 is 5.91 Å². The van der Waals surface area contributed by atoms with Gasteiger partial charge >= 0.3 is 0 Å². The Morgan fingerprint density at radius 3 is 2.86 bits per heavy atom. The van der Waals surface area contributed by atoms with Crippen LogP contribution in [0.15, 0.2) is 18.3 Å². The first kappa shape index (κ1) is 15.3. The number of hydrogen-bond acceptors (Lipinski definition) is 3. The Bertz CT molecular complexity index is 494. The SMILES string of the molecule is Cc1ccc(OC2CCN(C(=O)CCC3CCCC3)C2)nc1. The topological polar surface area (TPSA) is 42.4 Å². The first-order valence-corrected chi connectivity index (χ1v) is 8.58. The van der Waals surface area contributed by atoms with Crippen LogP contribution >= 0.6 is 0 Å². The fourth-order valence-electron chi connectivity index (χ4n) is 3.53. The van der Waals surface area contributed by atoms with E-state index in [4.69, 9.17) is 4.74 Å². The zero-order valence-electron chi connectivity index (χ0n) is 13.5. The number of hydrogen-bond donors (Lipinski definition) is 0. The van der Waals surface area contributed by atoms with E-state index < -0.39 is 0 Å². The summed E-state index contributed by atoms with van der Waals surface area (Å²) >= 11 is 0. The van der Waals surface area contributed by atoms with E-state index in [9.17, 15) is 4.79 Å². The molecule has 4 nitrogen and oxygen atoms in total. The Morgan fingerprint density at radius 1 is 1.32 bits per heavy atom. The highest BCUT2D eigenvalue weighted by atomic mass is 16.5. The number of amides is 1. The Kier molecular flexibility index (Phi) is 4.96. The molecule has 0 radical (unpaired) electrons. The minimum atomic E-state index is 0.0886. The number of likely N-dealkylation sites (tertiary alicyclic amines) is 1. The van der Waals surface area contributed by atoms with Gasteiger partial charge in [0.2, 0.25) is 11.8 Å². The maximum atomic E-state index is 12.3. The molecule has 1 aromatic heterocycles. The van der Waals surface area contributed by atoms with Crippen LogP contribution in [0.25, 0.3) is 0 Å². The summed E-state index contributed by atoms with van der Waals surface area (Å²) in [5.74, 6) is 1.75. The third-order valence-electron chi connectivity index (χ3n) is 4.91. The fraction of sp³-hybridized carbons (Fsp3) is 0.667. The summed E-state index contributed by atoms with van der Waals surface area (Å²) in [6.45, 7) is 3.54. The summed E-state index contributed by atoms with van der Waals surface area (Å²) in [7, 11) is 0. The van der Waals surface area contributed by atoms with Gasteiger partial charge < -0.3 is 9.64 Å². The number of ether oxygens (including phenoxy) is 1. The summed E-state index contributed by atoms with van der Waals surface area (Å²) in [4.78, 5) is 18.5. The van der Waals surface area contributed by atoms with E-state index in [0.29, 0.717) is 24.8 Å². The van der Waals surface area contributed by atoms with E-state index in [-0.39, 0.29) is 6.10 Å². The van der Waals surface area contributed by atoms with Gasteiger partial charge in [0, 0.05) is 31.6 Å². The molecule has 0 N–H and O–H groups in total. The highest BCUT2D eigenvalue weighted by Gasteiger charge is 2.28. The van der Waals surface area contributed by atoms with Crippen molar-refractivity contribution < 1.29 is 9.53 Å². The Labute approximate surface area is 132 Å². The predicted octanol–water partition coefficient (Wildman–Crippen LogP) is 3.34. The molecule has 1 unspecified atom stereocenters. The van der Waals surface area contributed by atoms with Gasteiger partial charge in [-0.25, -0.2) is 4.98 Å². The van der Waals surface area contributed by atoms with Crippen molar-refractivity contribution in [1.82, 2.24) is 9.88 Å². The molecule has 1 atom stereocenters. The van der Waals surface area contributed by atoms with E-state index in [1.807, 2.05) is 30.2 Å². The molecule has 1 aliphatic heterocycles. The van der Waals surface area contributed by atoms with Crippen molar-refractivity contribution in [3.63, 3.8) is 0 Å². The second-order valence-electron chi connectivity index (χ2n) is 6.73. The molecule has 22 heavy (non-hydrogen) atoms. The van der Waals surface area contributed by atoms with Crippen LogP contribution in [-0.2, 0) is 4.79 Å². The van der Waals surface area contributed by atoms with Crippen LogP contribution in [0, 0.1) is 12.8 Å². The lowest BCUT2D eigenvalue weighted by Crippen LogP contribution is -2.31. The van der Waals surface area contributed by atoms with Crippen LogP contribution < -0.4 is 4.74 Å². The van der Waals surface area contributed by atoms with Crippen LogP contribution in [0.1, 0.15) is 50.5 Å². The quantitative estimate of drug-likeness (QED) is 0.838. The summed E-state index contributed by atoms with van der Waals surface area (Å²) in [5.41, 5.74) is 1.13. The van der Waals surface area contributed by atoms with Gasteiger partial charge in [-0.05, 0) is 24.8 Å². The minimum Gasteiger partial charge on any atom is -0.472 e. The van der Waals surface area contributed by atoms with E-state index in [1.165, 1.54) is 25.7 Å². The molecule has 0 bridgehead atoms. The average molecular weight is 302 g/mol. The molecule has 4 heteroatoms. The van der Waals surface area contributed by atoms with Crippen LogP contribution in [-0.4, -0.2) is 35.0 Å². The zero-order chi connectivity index (χ0) is 15.4. The summed E-state index contributed by atoms with van der Waals surface area (Å²) < 4.78 is 5.88. The number of carbonyl (C=O) groups is 1. The van der Waals surface area contributed by atoms with Gasteiger partial charge in [0.05, 0.1) is 6.54 Å². The van der Waals surface area contributed by atoms with Gasteiger partial charge in [0.25, 0.3) is 0 Å². The van der Waals surface area contributed by atoms with Gasteiger partial charge in [-0.1, -0.05) is 31.7 Å². The minimum absolute atomic E-state index is 0.0886. The highest BCUT2D eigenvalue weighted by molar-refractivity contribution is 5.76. The van der Waals surface area contributed by atoms with E-state index in [1.54, 1.807) is 0 Å². The third kappa shape index (κ3) is 3.99. The van der Waals surface area contributed by atoms with Crippen molar-refractivity contribution in [3.05, 3.63) is 23.9 Å². The summed E-state index contributed by atoms with van der Waals surface area (Å²) in [6, 6.07) is 3.90. The molecule has 120 valence electrons. The van der Waals surface area contributed by atoms with Crippen LogP contribution in [0.5, 0.6) is 5.88 Å². The normalized spacial score (nSPS) is 22.2. The molecule has 0 spiro atoms.